The first-order chi connectivity index (χ1) is 9.38. The van der Waals surface area contributed by atoms with Gasteiger partial charge >= 0.3 is 0 Å². The summed E-state index contributed by atoms with van der Waals surface area (Å²) in [7, 11) is 1.53. The van der Waals surface area contributed by atoms with E-state index in [0.29, 0.717) is 11.3 Å². The molecule has 0 aliphatic heterocycles. The molecule has 1 aromatic carbocycles. The molecule has 1 heterocycles. The van der Waals surface area contributed by atoms with Crippen LogP contribution in [0.3, 0.4) is 0 Å². The minimum absolute atomic E-state index is 0.123. The zero-order valence-corrected chi connectivity index (χ0v) is 10.9. The molecular formula is C13H12FN3O3. The fourth-order valence-electron chi connectivity index (χ4n) is 1.74. The molecule has 2 rings (SSSR count). The number of rotatable bonds is 3. The number of carbonyl (C=O) groups is 1. The number of nitrogens with one attached hydrogen (secondary N) is 1. The Labute approximate surface area is 114 Å². The highest BCUT2D eigenvalue weighted by molar-refractivity contribution is 6.03. The van der Waals surface area contributed by atoms with Crippen LogP contribution in [0.2, 0.25) is 0 Å². The molecule has 0 fully saturated rings. The zero-order valence-electron chi connectivity index (χ0n) is 10.9. The average Bonchev–Trinajstić information content (AvgIpc) is 2.76. The molecule has 6 nitrogen and oxygen atoms in total. The Morgan fingerprint density at radius 2 is 2.10 bits per heavy atom. The number of halogens is 1. The summed E-state index contributed by atoms with van der Waals surface area (Å²) in [5.74, 6) is -0.968. The van der Waals surface area contributed by atoms with E-state index in [1.807, 2.05) is 0 Å². The summed E-state index contributed by atoms with van der Waals surface area (Å²) in [6, 6.07) is 5.47. The third kappa shape index (κ3) is 2.66. The maximum absolute atomic E-state index is 13.4. The number of aromatic nitrogens is 1. The van der Waals surface area contributed by atoms with Gasteiger partial charge in [-0.15, -0.1) is 0 Å². The van der Waals surface area contributed by atoms with Crippen LogP contribution < -0.4 is 5.32 Å². The lowest BCUT2D eigenvalue weighted by molar-refractivity contribution is -0.384. The van der Waals surface area contributed by atoms with E-state index in [1.165, 1.54) is 29.9 Å². The van der Waals surface area contributed by atoms with Crippen molar-refractivity contribution in [2.45, 2.75) is 6.92 Å². The predicted molar refractivity (Wildman–Crippen MR) is 71.2 cm³/mol. The number of amides is 1. The minimum Gasteiger partial charge on any atom is -0.340 e. The summed E-state index contributed by atoms with van der Waals surface area (Å²) in [5.41, 5.74) is 0.713. The van der Waals surface area contributed by atoms with Crippen LogP contribution in [0.15, 0.2) is 30.5 Å². The second-order valence-electron chi connectivity index (χ2n) is 4.37. The number of nitro groups is 1. The van der Waals surface area contributed by atoms with Crippen molar-refractivity contribution in [2.24, 2.45) is 7.05 Å². The van der Waals surface area contributed by atoms with E-state index in [1.54, 1.807) is 19.1 Å². The van der Waals surface area contributed by atoms with E-state index in [4.69, 9.17) is 0 Å². The summed E-state index contributed by atoms with van der Waals surface area (Å²) < 4.78 is 14.7. The summed E-state index contributed by atoms with van der Waals surface area (Å²) in [6.45, 7) is 1.61. The standard InChI is InChI=1S/C13H12FN3O3/c1-8-3-4-9(5-11(8)14)15-13(18)12-6-10(17(19)20)7-16(12)2/h3-7H,1-2H3,(H,15,18). The van der Waals surface area contributed by atoms with Crippen molar-refractivity contribution in [2.75, 3.05) is 5.32 Å². The van der Waals surface area contributed by atoms with Gasteiger partial charge in [-0.1, -0.05) is 6.07 Å². The van der Waals surface area contributed by atoms with Crippen LogP contribution in [0.1, 0.15) is 16.1 Å². The van der Waals surface area contributed by atoms with E-state index in [0.717, 1.165) is 0 Å². The molecule has 0 spiro atoms. The molecule has 0 saturated heterocycles. The van der Waals surface area contributed by atoms with E-state index in [9.17, 15) is 19.3 Å². The molecule has 104 valence electrons. The molecule has 0 aliphatic rings. The summed E-state index contributed by atoms with van der Waals surface area (Å²) in [6.07, 6.45) is 1.24. The van der Waals surface area contributed by atoms with Crippen molar-refractivity contribution in [3.63, 3.8) is 0 Å². The molecule has 0 bridgehead atoms. The maximum Gasteiger partial charge on any atom is 0.287 e. The number of nitrogens with zero attached hydrogens (tertiary/aromatic N) is 2. The Balaban J connectivity index is 2.23. The Kier molecular flexibility index (Phi) is 3.51. The van der Waals surface area contributed by atoms with Gasteiger partial charge in [0, 0.05) is 18.8 Å². The van der Waals surface area contributed by atoms with Crippen molar-refractivity contribution in [3.05, 3.63) is 57.7 Å². The van der Waals surface area contributed by atoms with Crippen molar-refractivity contribution in [3.8, 4) is 0 Å². The molecule has 2 aromatic rings. The Morgan fingerprint density at radius 1 is 1.40 bits per heavy atom. The minimum atomic E-state index is -0.581. The van der Waals surface area contributed by atoms with Gasteiger partial charge in [0.25, 0.3) is 11.6 Å². The Morgan fingerprint density at radius 3 is 2.65 bits per heavy atom. The van der Waals surface area contributed by atoms with Gasteiger partial charge < -0.3 is 9.88 Å². The monoisotopic (exact) mass is 277 g/mol. The first-order valence-electron chi connectivity index (χ1n) is 5.76. The van der Waals surface area contributed by atoms with Crippen molar-refractivity contribution < 1.29 is 14.1 Å². The topological polar surface area (TPSA) is 77.2 Å². The summed E-state index contributed by atoms with van der Waals surface area (Å²) in [4.78, 5) is 22.0. The van der Waals surface area contributed by atoms with Crippen LogP contribution in [-0.2, 0) is 7.05 Å². The van der Waals surface area contributed by atoms with Gasteiger partial charge in [0.1, 0.15) is 11.5 Å². The smallest absolute Gasteiger partial charge is 0.287 e. The van der Waals surface area contributed by atoms with Crippen LogP contribution in [-0.4, -0.2) is 15.4 Å². The molecule has 1 amide bonds. The van der Waals surface area contributed by atoms with Crippen LogP contribution in [0.25, 0.3) is 0 Å². The van der Waals surface area contributed by atoms with Gasteiger partial charge in [-0.25, -0.2) is 4.39 Å². The lowest BCUT2D eigenvalue weighted by Gasteiger charge is -2.06. The van der Waals surface area contributed by atoms with Crippen molar-refractivity contribution >= 4 is 17.3 Å². The highest BCUT2D eigenvalue weighted by Crippen LogP contribution is 2.18. The molecule has 0 saturated carbocycles. The molecule has 20 heavy (non-hydrogen) atoms. The molecular weight excluding hydrogens is 265 g/mol. The lowest BCUT2D eigenvalue weighted by atomic mass is 10.2. The first-order valence-corrected chi connectivity index (χ1v) is 5.76. The number of aryl methyl sites for hydroxylation is 2. The molecule has 1 N–H and O–H groups in total. The number of anilines is 1. The zero-order chi connectivity index (χ0) is 14.9. The number of hydrogen-bond acceptors (Lipinski definition) is 3. The molecule has 0 unspecified atom stereocenters. The van der Waals surface area contributed by atoms with Crippen molar-refractivity contribution in [1.29, 1.82) is 0 Å². The van der Waals surface area contributed by atoms with E-state index in [2.05, 4.69) is 5.32 Å². The molecule has 0 aliphatic carbocycles. The van der Waals surface area contributed by atoms with Gasteiger partial charge in [-0.05, 0) is 24.6 Å². The lowest BCUT2D eigenvalue weighted by Crippen LogP contribution is -2.15. The van der Waals surface area contributed by atoms with E-state index >= 15 is 0 Å². The highest BCUT2D eigenvalue weighted by Gasteiger charge is 2.17. The van der Waals surface area contributed by atoms with Gasteiger partial charge in [0.05, 0.1) is 11.1 Å². The summed E-state index contributed by atoms with van der Waals surface area (Å²) >= 11 is 0. The second kappa shape index (κ2) is 5.12. The summed E-state index contributed by atoms with van der Waals surface area (Å²) in [5, 5.41) is 13.1. The third-order valence-electron chi connectivity index (χ3n) is 2.86. The SMILES string of the molecule is Cc1ccc(NC(=O)c2cc([N+](=O)[O-])cn2C)cc1F. The van der Waals surface area contributed by atoms with Gasteiger partial charge in [-0.2, -0.15) is 0 Å². The van der Waals surface area contributed by atoms with Gasteiger partial charge in [0.15, 0.2) is 0 Å². The van der Waals surface area contributed by atoms with Gasteiger partial charge in [0.2, 0.25) is 0 Å². The quantitative estimate of drug-likeness (QED) is 0.692. The highest BCUT2D eigenvalue weighted by atomic mass is 19.1. The third-order valence-corrected chi connectivity index (χ3v) is 2.86. The van der Waals surface area contributed by atoms with Crippen LogP contribution in [0.4, 0.5) is 15.8 Å². The van der Waals surface area contributed by atoms with Crippen LogP contribution in [0, 0.1) is 22.9 Å². The van der Waals surface area contributed by atoms with Crippen molar-refractivity contribution in [1.82, 2.24) is 4.57 Å². The number of carbonyl (C=O) groups excluding carboxylic acids is 1. The van der Waals surface area contributed by atoms with E-state index in [-0.39, 0.29) is 11.4 Å². The average molecular weight is 277 g/mol. The normalized spacial score (nSPS) is 10.3. The second-order valence-corrected chi connectivity index (χ2v) is 4.37. The molecule has 0 atom stereocenters. The van der Waals surface area contributed by atoms with E-state index < -0.39 is 16.6 Å². The number of hydrogen-bond donors (Lipinski definition) is 1. The fourth-order valence-corrected chi connectivity index (χ4v) is 1.74. The predicted octanol–water partition coefficient (Wildman–Crippen LogP) is 2.63. The fraction of sp³-hybridized carbons (Fsp3) is 0.154. The van der Waals surface area contributed by atoms with Gasteiger partial charge in [-0.3, -0.25) is 14.9 Å². The first kappa shape index (κ1) is 13.7. The van der Waals surface area contributed by atoms with Crippen LogP contribution in [0.5, 0.6) is 0 Å². The Bertz CT molecular complexity index is 694. The largest absolute Gasteiger partial charge is 0.340 e. The molecule has 7 heteroatoms. The number of benzene rings is 1. The van der Waals surface area contributed by atoms with Crippen LogP contribution >= 0.6 is 0 Å². The molecule has 0 radical (unpaired) electrons. The molecule has 1 aromatic heterocycles. The maximum atomic E-state index is 13.4. The Hall–Kier alpha value is -2.70.